The van der Waals surface area contributed by atoms with Crippen LogP contribution in [0.25, 0.3) is 11.3 Å². The summed E-state index contributed by atoms with van der Waals surface area (Å²) in [7, 11) is 1.89. The standard InChI is InChI=1S/C12H12N2O2.C2H6/c1-14-12-8-4-2-3-5-11(8)16-7-9(12)10(6-15)13-14;1-2/h2-5,15H,6-7H2,1H3;1-2H3. The van der Waals surface area contributed by atoms with Crippen LogP contribution in [-0.4, -0.2) is 14.9 Å². The van der Waals surface area contributed by atoms with Crippen molar-refractivity contribution in [3.8, 4) is 17.0 Å². The third-order valence-electron chi connectivity index (χ3n) is 2.89. The van der Waals surface area contributed by atoms with Gasteiger partial charge in [-0.05, 0) is 12.1 Å². The van der Waals surface area contributed by atoms with Gasteiger partial charge in [-0.15, -0.1) is 0 Å². The van der Waals surface area contributed by atoms with Crippen LogP contribution in [0.1, 0.15) is 25.1 Å². The van der Waals surface area contributed by atoms with Crippen LogP contribution in [0.4, 0.5) is 0 Å². The van der Waals surface area contributed by atoms with Crippen molar-refractivity contribution in [1.29, 1.82) is 0 Å². The molecule has 0 saturated carbocycles. The molecule has 2 heterocycles. The lowest BCUT2D eigenvalue weighted by molar-refractivity contribution is 0.264. The van der Waals surface area contributed by atoms with Gasteiger partial charge in [0.05, 0.1) is 18.0 Å². The van der Waals surface area contributed by atoms with Gasteiger partial charge >= 0.3 is 0 Å². The summed E-state index contributed by atoms with van der Waals surface area (Å²) in [5.74, 6) is 0.877. The summed E-state index contributed by atoms with van der Waals surface area (Å²) in [6.45, 7) is 4.44. The molecule has 1 aliphatic heterocycles. The molecule has 0 radical (unpaired) electrons. The molecule has 0 bridgehead atoms. The lowest BCUT2D eigenvalue weighted by atomic mass is 10.0. The summed E-state index contributed by atoms with van der Waals surface area (Å²) < 4.78 is 7.45. The lowest BCUT2D eigenvalue weighted by Crippen LogP contribution is -2.07. The smallest absolute Gasteiger partial charge is 0.129 e. The van der Waals surface area contributed by atoms with Crippen LogP contribution in [0.5, 0.6) is 5.75 Å². The van der Waals surface area contributed by atoms with Crippen molar-refractivity contribution in [2.75, 3.05) is 0 Å². The molecule has 0 spiro atoms. The van der Waals surface area contributed by atoms with Crippen LogP contribution in [0.3, 0.4) is 0 Å². The molecule has 1 N–H and O–H groups in total. The van der Waals surface area contributed by atoms with Crippen molar-refractivity contribution >= 4 is 0 Å². The SMILES string of the molecule is CC.Cn1nc(CO)c2c1-c1ccccc1OC2. The molecule has 0 atom stereocenters. The minimum absolute atomic E-state index is 0.0469. The fraction of sp³-hybridized carbons (Fsp3) is 0.357. The Kier molecular flexibility index (Phi) is 3.67. The van der Waals surface area contributed by atoms with Gasteiger partial charge in [-0.2, -0.15) is 5.10 Å². The Balaban J connectivity index is 0.000000574. The van der Waals surface area contributed by atoms with Gasteiger partial charge in [0.15, 0.2) is 0 Å². The minimum Gasteiger partial charge on any atom is -0.488 e. The Hall–Kier alpha value is -1.81. The van der Waals surface area contributed by atoms with Crippen LogP contribution in [0, 0.1) is 0 Å². The molecule has 1 aromatic carbocycles. The van der Waals surface area contributed by atoms with Crippen molar-refractivity contribution in [3.05, 3.63) is 35.5 Å². The fourth-order valence-electron chi connectivity index (χ4n) is 2.18. The minimum atomic E-state index is -0.0469. The topological polar surface area (TPSA) is 47.3 Å². The third kappa shape index (κ3) is 1.88. The van der Waals surface area contributed by atoms with Gasteiger partial charge in [0.25, 0.3) is 0 Å². The highest BCUT2D eigenvalue weighted by molar-refractivity contribution is 5.72. The Morgan fingerprint density at radius 1 is 1.33 bits per heavy atom. The number of aliphatic hydroxyl groups is 1. The molecule has 18 heavy (non-hydrogen) atoms. The highest BCUT2D eigenvalue weighted by Gasteiger charge is 2.24. The van der Waals surface area contributed by atoms with Gasteiger partial charge in [-0.3, -0.25) is 4.68 Å². The highest BCUT2D eigenvalue weighted by Crippen LogP contribution is 2.38. The molecular weight excluding hydrogens is 228 g/mol. The van der Waals surface area contributed by atoms with Crippen molar-refractivity contribution in [1.82, 2.24) is 9.78 Å². The lowest BCUT2D eigenvalue weighted by Gasteiger charge is -2.18. The van der Waals surface area contributed by atoms with Gasteiger partial charge in [0.2, 0.25) is 0 Å². The van der Waals surface area contributed by atoms with E-state index in [1.807, 2.05) is 49.8 Å². The molecule has 0 fully saturated rings. The normalized spacial score (nSPS) is 11.8. The maximum Gasteiger partial charge on any atom is 0.129 e. The van der Waals surface area contributed by atoms with E-state index in [9.17, 15) is 5.11 Å². The average molecular weight is 246 g/mol. The van der Waals surface area contributed by atoms with E-state index in [0.717, 1.165) is 22.6 Å². The second-order valence-electron chi connectivity index (χ2n) is 3.84. The Morgan fingerprint density at radius 3 is 2.78 bits per heavy atom. The molecule has 0 unspecified atom stereocenters. The Bertz CT molecular complexity index is 547. The van der Waals surface area contributed by atoms with Gasteiger partial charge in [-0.1, -0.05) is 26.0 Å². The molecule has 1 aromatic heterocycles. The number of aliphatic hydroxyl groups excluding tert-OH is 1. The van der Waals surface area contributed by atoms with Crippen molar-refractivity contribution in [2.24, 2.45) is 7.05 Å². The van der Waals surface area contributed by atoms with E-state index in [4.69, 9.17) is 4.74 Å². The summed E-state index contributed by atoms with van der Waals surface area (Å²) in [5, 5.41) is 13.5. The number of aryl methyl sites for hydroxylation is 1. The largest absolute Gasteiger partial charge is 0.488 e. The van der Waals surface area contributed by atoms with Crippen LogP contribution in [0.2, 0.25) is 0 Å². The molecular formula is C14H18N2O2. The fourth-order valence-corrected chi connectivity index (χ4v) is 2.18. The van der Waals surface area contributed by atoms with E-state index in [-0.39, 0.29) is 6.61 Å². The maximum absolute atomic E-state index is 9.22. The zero-order chi connectivity index (χ0) is 13.1. The molecule has 4 heteroatoms. The van der Waals surface area contributed by atoms with Crippen LogP contribution in [0.15, 0.2) is 24.3 Å². The summed E-state index contributed by atoms with van der Waals surface area (Å²) in [6, 6.07) is 7.89. The summed E-state index contributed by atoms with van der Waals surface area (Å²) in [5.41, 5.74) is 3.78. The number of nitrogens with zero attached hydrogens (tertiary/aromatic N) is 2. The molecule has 4 nitrogen and oxygen atoms in total. The summed E-state index contributed by atoms with van der Waals surface area (Å²) in [4.78, 5) is 0. The average Bonchev–Trinajstić information content (AvgIpc) is 2.78. The predicted molar refractivity (Wildman–Crippen MR) is 70.2 cm³/mol. The van der Waals surface area contributed by atoms with E-state index in [0.29, 0.717) is 12.3 Å². The molecule has 0 saturated heterocycles. The third-order valence-corrected chi connectivity index (χ3v) is 2.89. The molecule has 1 aliphatic rings. The van der Waals surface area contributed by atoms with Crippen molar-refractivity contribution in [2.45, 2.75) is 27.1 Å². The Labute approximate surface area is 107 Å². The van der Waals surface area contributed by atoms with Gasteiger partial charge in [0, 0.05) is 18.2 Å². The quantitative estimate of drug-likeness (QED) is 0.841. The number of hydrogen-bond acceptors (Lipinski definition) is 3. The highest BCUT2D eigenvalue weighted by atomic mass is 16.5. The van der Waals surface area contributed by atoms with Crippen LogP contribution < -0.4 is 4.74 Å². The first-order valence-corrected chi connectivity index (χ1v) is 6.19. The number of benzene rings is 1. The first-order chi connectivity index (χ1) is 8.81. The second-order valence-corrected chi connectivity index (χ2v) is 3.84. The van der Waals surface area contributed by atoms with Crippen LogP contribution >= 0.6 is 0 Å². The molecule has 3 rings (SSSR count). The van der Waals surface area contributed by atoms with Gasteiger partial charge < -0.3 is 9.84 Å². The molecule has 0 aliphatic carbocycles. The van der Waals surface area contributed by atoms with E-state index in [1.54, 1.807) is 0 Å². The van der Waals surface area contributed by atoms with E-state index >= 15 is 0 Å². The van der Waals surface area contributed by atoms with Crippen molar-refractivity contribution < 1.29 is 9.84 Å². The zero-order valence-corrected chi connectivity index (χ0v) is 11.0. The first-order valence-electron chi connectivity index (χ1n) is 6.19. The number of hydrogen-bond donors (Lipinski definition) is 1. The molecule has 2 aromatic rings. The van der Waals surface area contributed by atoms with Crippen molar-refractivity contribution in [3.63, 3.8) is 0 Å². The van der Waals surface area contributed by atoms with Gasteiger partial charge in [-0.25, -0.2) is 0 Å². The second kappa shape index (κ2) is 5.23. The Morgan fingerprint density at radius 2 is 2.06 bits per heavy atom. The number of fused-ring (bicyclic) bond motifs is 3. The van der Waals surface area contributed by atoms with E-state index < -0.39 is 0 Å². The number of aromatic nitrogens is 2. The first kappa shape index (κ1) is 12.6. The molecule has 96 valence electrons. The number of para-hydroxylation sites is 1. The number of rotatable bonds is 1. The zero-order valence-electron chi connectivity index (χ0n) is 11.0. The predicted octanol–water partition coefficient (Wildman–Crippen LogP) is 2.50. The molecule has 0 amide bonds. The number of ether oxygens (including phenoxy) is 1. The maximum atomic E-state index is 9.22. The van der Waals surface area contributed by atoms with Crippen LogP contribution in [-0.2, 0) is 20.3 Å². The summed E-state index contributed by atoms with van der Waals surface area (Å²) >= 11 is 0. The van der Waals surface area contributed by atoms with E-state index in [1.165, 1.54) is 0 Å². The summed E-state index contributed by atoms with van der Waals surface area (Å²) in [6.07, 6.45) is 0. The van der Waals surface area contributed by atoms with E-state index in [2.05, 4.69) is 5.10 Å². The van der Waals surface area contributed by atoms with Gasteiger partial charge in [0.1, 0.15) is 12.4 Å². The monoisotopic (exact) mass is 246 g/mol.